The summed E-state index contributed by atoms with van der Waals surface area (Å²) in [6.07, 6.45) is 3.98. The Morgan fingerprint density at radius 2 is 2.15 bits per heavy atom. The van der Waals surface area contributed by atoms with Crippen LogP contribution in [0, 0.1) is 5.41 Å². The van der Waals surface area contributed by atoms with Crippen molar-refractivity contribution in [3.05, 3.63) is 53.4 Å². The molecule has 0 atom stereocenters. The van der Waals surface area contributed by atoms with Crippen LogP contribution < -0.4 is 10.6 Å². The average Bonchev–Trinajstić information content (AvgIpc) is 3.37. The van der Waals surface area contributed by atoms with Gasteiger partial charge in [-0.2, -0.15) is 0 Å². The first kappa shape index (κ1) is 18.8. The van der Waals surface area contributed by atoms with Gasteiger partial charge in [0.2, 0.25) is 5.76 Å². The first-order chi connectivity index (χ1) is 12.5. The third-order valence-corrected chi connectivity index (χ3v) is 5.08. The van der Waals surface area contributed by atoms with Crippen LogP contribution in [-0.2, 0) is 9.53 Å². The number of carbonyl (C=O) groups is 1. The molecule has 1 heterocycles. The smallest absolute Gasteiger partial charge is 0.292 e. The largest absolute Gasteiger partial charge is 0.486 e. The van der Waals surface area contributed by atoms with Gasteiger partial charge in [0.15, 0.2) is 0 Å². The minimum absolute atomic E-state index is 0.178. The second kappa shape index (κ2) is 8.14. The zero-order valence-electron chi connectivity index (χ0n) is 15.2. The van der Waals surface area contributed by atoms with E-state index in [0.717, 1.165) is 44.7 Å². The van der Waals surface area contributed by atoms with E-state index in [0.29, 0.717) is 23.1 Å². The number of nitrogens with zero attached hydrogens (tertiary/aromatic N) is 1. The predicted octanol–water partition coefficient (Wildman–Crippen LogP) is 3.40. The highest BCUT2D eigenvalue weighted by atomic mass is 35.5. The van der Waals surface area contributed by atoms with Gasteiger partial charge in [-0.3, -0.25) is 4.79 Å². The van der Waals surface area contributed by atoms with Crippen molar-refractivity contribution in [1.82, 2.24) is 10.2 Å². The number of rotatable bonds is 7. The van der Waals surface area contributed by atoms with Crippen LogP contribution in [0.15, 0.2) is 48.4 Å². The molecule has 2 aliphatic rings. The lowest BCUT2D eigenvalue weighted by atomic mass is 10.2. The van der Waals surface area contributed by atoms with Crippen LogP contribution in [0.1, 0.15) is 19.8 Å². The fraction of sp³-hybridized carbons (Fsp3) is 0.450. The molecule has 1 amide bonds. The number of piperazine rings is 1. The standard InChI is InChI=1S/C20H26ClN3O2/c1-3-17(24-11-9-22-10-12-24)18(26-14-20(2)7-8-20)19(25)23-16-6-4-5-15(21)13-16/h3-6,13,22H,1,7-12,14H2,2H3,(H,23,25)/b18-17-. The van der Waals surface area contributed by atoms with Gasteiger partial charge in [0.1, 0.15) is 0 Å². The molecule has 1 aliphatic carbocycles. The van der Waals surface area contributed by atoms with E-state index in [1.807, 2.05) is 6.07 Å². The molecule has 2 fully saturated rings. The maximum Gasteiger partial charge on any atom is 0.292 e. The Hall–Kier alpha value is -1.98. The Bertz CT molecular complexity index is 707. The van der Waals surface area contributed by atoms with Crippen molar-refractivity contribution in [3.8, 4) is 0 Å². The fourth-order valence-electron chi connectivity index (χ4n) is 2.89. The van der Waals surface area contributed by atoms with E-state index in [9.17, 15) is 4.79 Å². The van der Waals surface area contributed by atoms with Crippen molar-refractivity contribution in [3.63, 3.8) is 0 Å². The average molecular weight is 376 g/mol. The van der Waals surface area contributed by atoms with E-state index in [4.69, 9.17) is 16.3 Å². The van der Waals surface area contributed by atoms with Crippen LogP contribution in [0.25, 0.3) is 0 Å². The van der Waals surface area contributed by atoms with E-state index in [1.165, 1.54) is 0 Å². The molecular weight excluding hydrogens is 350 g/mol. The molecule has 5 nitrogen and oxygen atoms in total. The number of halogens is 1. The fourth-order valence-corrected chi connectivity index (χ4v) is 3.08. The molecule has 26 heavy (non-hydrogen) atoms. The molecule has 0 radical (unpaired) electrons. The molecule has 1 aromatic rings. The van der Waals surface area contributed by atoms with Crippen LogP contribution in [0.3, 0.4) is 0 Å². The predicted molar refractivity (Wildman–Crippen MR) is 105 cm³/mol. The third-order valence-electron chi connectivity index (χ3n) is 4.84. The van der Waals surface area contributed by atoms with Gasteiger partial charge >= 0.3 is 0 Å². The Morgan fingerprint density at radius 1 is 1.42 bits per heavy atom. The number of carbonyl (C=O) groups excluding carboxylic acids is 1. The minimum Gasteiger partial charge on any atom is -0.486 e. The van der Waals surface area contributed by atoms with Gasteiger partial charge in [-0.1, -0.05) is 31.2 Å². The van der Waals surface area contributed by atoms with Crippen LogP contribution in [-0.4, -0.2) is 43.6 Å². The summed E-state index contributed by atoms with van der Waals surface area (Å²) in [4.78, 5) is 15.1. The second-order valence-electron chi connectivity index (χ2n) is 7.22. The van der Waals surface area contributed by atoms with Gasteiger partial charge in [0.05, 0.1) is 12.3 Å². The molecule has 140 valence electrons. The zero-order valence-corrected chi connectivity index (χ0v) is 15.9. The molecule has 1 saturated carbocycles. The second-order valence-corrected chi connectivity index (χ2v) is 7.66. The Morgan fingerprint density at radius 3 is 2.77 bits per heavy atom. The molecule has 6 heteroatoms. The van der Waals surface area contributed by atoms with Crippen molar-refractivity contribution in [2.45, 2.75) is 19.8 Å². The quantitative estimate of drug-likeness (QED) is 0.435. The van der Waals surface area contributed by atoms with Crippen molar-refractivity contribution in [2.75, 3.05) is 38.1 Å². The summed E-state index contributed by atoms with van der Waals surface area (Å²) < 4.78 is 6.04. The molecule has 1 aliphatic heterocycles. The summed E-state index contributed by atoms with van der Waals surface area (Å²) in [6.45, 7) is 10.0. The maximum absolute atomic E-state index is 13.0. The monoisotopic (exact) mass is 375 g/mol. The van der Waals surface area contributed by atoms with Gasteiger partial charge in [-0.05, 0) is 37.1 Å². The van der Waals surface area contributed by atoms with Gasteiger partial charge in [0.25, 0.3) is 5.91 Å². The molecule has 1 aromatic carbocycles. The Kier molecular flexibility index (Phi) is 5.89. The Labute approximate surface area is 160 Å². The summed E-state index contributed by atoms with van der Waals surface area (Å²) in [5, 5.41) is 6.79. The van der Waals surface area contributed by atoms with E-state index in [-0.39, 0.29) is 11.3 Å². The normalized spacial score (nSPS) is 19.4. The van der Waals surface area contributed by atoms with E-state index in [2.05, 4.69) is 29.0 Å². The third kappa shape index (κ3) is 4.80. The summed E-state index contributed by atoms with van der Waals surface area (Å²) >= 11 is 6.02. The number of allylic oxidation sites excluding steroid dienone is 1. The number of benzene rings is 1. The maximum atomic E-state index is 13.0. The molecule has 0 aromatic heterocycles. The van der Waals surface area contributed by atoms with Crippen molar-refractivity contribution in [2.24, 2.45) is 5.41 Å². The first-order valence-corrected chi connectivity index (χ1v) is 9.41. The summed E-state index contributed by atoms with van der Waals surface area (Å²) in [6, 6.07) is 7.10. The number of nitrogens with one attached hydrogen (secondary N) is 2. The molecule has 3 rings (SSSR count). The number of amides is 1. The minimum atomic E-state index is -0.273. The zero-order chi connectivity index (χ0) is 18.6. The van der Waals surface area contributed by atoms with E-state index >= 15 is 0 Å². The van der Waals surface area contributed by atoms with Crippen LogP contribution in [0.5, 0.6) is 0 Å². The summed E-state index contributed by atoms with van der Waals surface area (Å²) in [5.74, 6) is 0.0555. The summed E-state index contributed by atoms with van der Waals surface area (Å²) in [5.41, 5.74) is 1.57. The molecule has 1 saturated heterocycles. The number of ether oxygens (including phenoxy) is 1. The highest BCUT2D eigenvalue weighted by Crippen LogP contribution is 2.45. The number of anilines is 1. The molecule has 0 unspecified atom stereocenters. The van der Waals surface area contributed by atoms with Crippen molar-refractivity contribution < 1.29 is 9.53 Å². The Balaban J connectivity index is 1.83. The number of hydrogen-bond acceptors (Lipinski definition) is 4. The van der Waals surface area contributed by atoms with E-state index < -0.39 is 0 Å². The van der Waals surface area contributed by atoms with Gasteiger partial charge in [-0.15, -0.1) is 0 Å². The van der Waals surface area contributed by atoms with Crippen molar-refractivity contribution >= 4 is 23.2 Å². The highest BCUT2D eigenvalue weighted by molar-refractivity contribution is 6.30. The van der Waals surface area contributed by atoms with Gasteiger partial charge < -0.3 is 20.3 Å². The molecule has 2 N–H and O–H groups in total. The van der Waals surface area contributed by atoms with Gasteiger partial charge in [-0.25, -0.2) is 0 Å². The molecule has 0 bridgehead atoms. The van der Waals surface area contributed by atoms with Crippen LogP contribution in [0.2, 0.25) is 5.02 Å². The molecule has 0 spiro atoms. The topological polar surface area (TPSA) is 53.6 Å². The van der Waals surface area contributed by atoms with Crippen LogP contribution >= 0.6 is 11.6 Å². The lowest BCUT2D eigenvalue weighted by Crippen LogP contribution is -2.43. The van der Waals surface area contributed by atoms with Crippen LogP contribution in [0.4, 0.5) is 5.69 Å². The van der Waals surface area contributed by atoms with Crippen molar-refractivity contribution in [1.29, 1.82) is 0 Å². The van der Waals surface area contributed by atoms with E-state index in [1.54, 1.807) is 24.3 Å². The first-order valence-electron chi connectivity index (χ1n) is 9.03. The molecular formula is C20H26ClN3O2. The number of hydrogen-bond donors (Lipinski definition) is 2. The lowest BCUT2D eigenvalue weighted by Gasteiger charge is -2.31. The lowest BCUT2D eigenvalue weighted by molar-refractivity contribution is -0.116. The highest BCUT2D eigenvalue weighted by Gasteiger charge is 2.39. The summed E-state index contributed by atoms with van der Waals surface area (Å²) in [7, 11) is 0. The SMILES string of the molecule is C=C/C(=C(/OCC1(C)CC1)C(=O)Nc1cccc(Cl)c1)N1CCNCC1. The van der Waals surface area contributed by atoms with Gasteiger partial charge in [0, 0.05) is 42.3 Å².